The summed E-state index contributed by atoms with van der Waals surface area (Å²) in [5, 5.41) is 3.37. The molecule has 2 rings (SSSR count). The molecule has 88 valence electrons. The van der Waals surface area contributed by atoms with Crippen molar-refractivity contribution >= 4 is 0 Å². The maximum Gasteiger partial charge on any atom is 0.118 e. The third kappa shape index (κ3) is 2.74. The van der Waals surface area contributed by atoms with Crippen molar-refractivity contribution < 1.29 is 4.74 Å². The maximum absolute atomic E-state index is 6.20. The van der Waals surface area contributed by atoms with E-state index in [1.807, 2.05) is 12.1 Å². The van der Waals surface area contributed by atoms with Crippen LogP contribution in [0, 0.1) is 5.92 Å². The van der Waals surface area contributed by atoms with Gasteiger partial charge in [-0.15, -0.1) is 0 Å². The highest BCUT2D eigenvalue weighted by atomic mass is 16.5. The van der Waals surface area contributed by atoms with E-state index in [1.54, 1.807) is 7.11 Å². The fraction of sp³-hybridized carbons (Fsp3) is 0.538. The van der Waals surface area contributed by atoms with Crippen LogP contribution in [-0.2, 0) is 0 Å². The highest BCUT2D eigenvalue weighted by Crippen LogP contribution is 2.24. The molecule has 1 saturated heterocycles. The second-order valence-corrected chi connectivity index (χ2v) is 4.47. The van der Waals surface area contributed by atoms with Crippen molar-refractivity contribution in [3.8, 4) is 5.75 Å². The predicted molar refractivity (Wildman–Crippen MR) is 65.5 cm³/mol. The Labute approximate surface area is 97.0 Å². The zero-order chi connectivity index (χ0) is 11.4. The van der Waals surface area contributed by atoms with E-state index in [4.69, 9.17) is 10.5 Å². The van der Waals surface area contributed by atoms with Crippen LogP contribution in [0.4, 0.5) is 0 Å². The molecule has 1 aromatic rings. The van der Waals surface area contributed by atoms with E-state index >= 15 is 0 Å². The molecule has 1 aromatic carbocycles. The predicted octanol–water partition coefficient (Wildman–Crippen LogP) is 1.69. The molecule has 0 aromatic heterocycles. The Morgan fingerprint density at radius 1 is 1.44 bits per heavy atom. The first-order valence-electron chi connectivity index (χ1n) is 5.90. The number of nitrogens with two attached hydrogens (primary N) is 1. The average molecular weight is 220 g/mol. The van der Waals surface area contributed by atoms with Gasteiger partial charge >= 0.3 is 0 Å². The molecular formula is C13H20N2O. The van der Waals surface area contributed by atoms with Crippen LogP contribution in [0.15, 0.2) is 24.3 Å². The SMILES string of the molecule is COc1ccc(C(N)CC2CCNC2)cc1. The van der Waals surface area contributed by atoms with Crippen LogP contribution in [0.2, 0.25) is 0 Å². The van der Waals surface area contributed by atoms with E-state index in [0.717, 1.165) is 31.2 Å². The lowest BCUT2D eigenvalue weighted by molar-refractivity contribution is 0.414. The fourth-order valence-electron chi connectivity index (χ4n) is 2.26. The first-order chi connectivity index (χ1) is 7.79. The zero-order valence-electron chi connectivity index (χ0n) is 9.78. The molecule has 0 aliphatic carbocycles. The van der Waals surface area contributed by atoms with Crippen molar-refractivity contribution in [2.24, 2.45) is 11.7 Å². The highest BCUT2D eigenvalue weighted by Gasteiger charge is 2.18. The van der Waals surface area contributed by atoms with Crippen LogP contribution in [0.25, 0.3) is 0 Å². The summed E-state index contributed by atoms with van der Waals surface area (Å²) in [7, 11) is 1.68. The lowest BCUT2D eigenvalue weighted by atomic mass is 9.95. The van der Waals surface area contributed by atoms with Gasteiger partial charge in [0.05, 0.1) is 7.11 Å². The molecule has 0 saturated carbocycles. The van der Waals surface area contributed by atoms with Crippen molar-refractivity contribution in [3.63, 3.8) is 0 Å². The van der Waals surface area contributed by atoms with Gasteiger partial charge in [-0.25, -0.2) is 0 Å². The number of hydrogen-bond donors (Lipinski definition) is 2. The number of rotatable bonds is 4. The lowest BCUT2D eigenvalue weighted by Gasteiger charge is -2.16. The second-order valence-electron chi connectivity index (χ2n) is 4.47. The maximum atomic E-state index is 6.20. The standard InChI is InChI=1S/C13H20N2O/c1-16-12-4-2-11(3-5-12)13(14)8-10-6-7-15-9-10/h2-5,10,13,15H,6-9,14H2,1H3. The molecule has 0 amide bonds. The van der Waals surface area contributed by atoms with Crippen LogP contribution in [0.5, 0.6) is 5.75 Å². The van der Waals surface area contributed by atoms with Crippen molar-refractivity contribution in [1.82, 2.24) is 5.32 Å². The van der Waals surface area contributed by atoms with E-state index in [2.05, 4.69) is 17.4 Å². The Bertz CT molecular complexity index is 317. The summed E-state index contributed by atoms with van der Waals surface area (Å²) < 4.78 is 5.13. The number of benzene rings is 1. The molecule has 1 heterocycles. The van der Waals surface area contributed by atoms with E-state index in [0.29, 0.717) is 0 Å². The van der Waals surface area contributed by atoms with Crippen molar-refractivity contribution in [3.05, 3.63) is 29.8 Å². The smallest absolute Gasteiger partial charge is 0.118 e. The Kier molecular flexibility index (Phi) is 3.80. The Hall–Kier alpha value is -1.06. The van der Waals surface area contributed by atoms with E-state index in [-0.39, 0.29) is 6.04 Å². The minimum absolute atomic E-state index is 0.149. The van der Waals surface area contributed by atoms with Crippen LogP contribution in [0.3, 0.4) is 0 Å². The van der Waals surface area contributed by atoms with Gasteiger partial charge in [0, 0.05) is 6.04 Å². The number of ether oxygens (including phenoxy) is 1. The largest absolute Gasteiger partial charge is 0.497 e. The minimum atomic E-state index is 0.149. The fourth-order valence-corrected chi connectivity index (χ4v) is 2.26. The molecule has 3 N–H and O–H groups in total. The van der Waals surface area contributed by atoms with Crippen LogP contribution < -0.4 is 15.8 Å². The third-order valence-electron chi connectivity index (χ3n) is 3.29. The molecule has 3 nitrogen and oxygen atoms in total. The van der Waals surface area contributed by atoms with Crippen LogP contribution >= 0.6 is 0 Å². The quantitative estimate of drug-likeness (QED) is 0.812. The first-order valence-corrected chi connectivity index (χ1v) is 5.90. The number of nitrogens with one attached hydrogen (secondary N) is 1. The molecule has 1 aliphatic rings. The molecule has 0 bridgehead atoms. The Balaban J connectivity index is 1.94. The summed E-state index contributed by atoms with van der Waals surface area (Å²) in [6.07, 6.45) is 2.32. The summed E-state index contributed by atoms with van der Waals surface area (Å²) >= 11 is 0. The van der Waals surface area contributed by atoms with Crippen molar-refractivity contribution in [1.29, 1.82) is 0 Å². The zero-order valence-corrected chi connectivity index (χ0v) is 9.78. The summed E-state index contributed by atoms with van der Waals surface area (Å²) in [5.74, 6) is 1.62. The Morgan fingerprint density at radius 2 is 2.19 bits per heavy atom. The molecule has 16 heavy (non-hydrogen) atoms. The van der Waals surface area contributed by atoms with Crippen LogP contribution in [0.1, 0.15) is 24.4 Å². The average Bonchev–Trinajstić information content (AvgIpc) is 2.82. The number of methoxy groups -OCH3 is 1. The van der Waals surface area contributed by atoms with Crippen LogP contribution in [-0.4, -0.2) is 20.2 Å². The van der Waals surface area contributed by atoms with E-state index in [1.165, 1.54) is 12.0 Å². The van der Waals surface area contributed by atoms with E-state index < -0.39 is 0 Å². The van der Waals surface area contributed by atoms with Gasteiger partial charge in [0.1, 0.15) is 5.75 Å². The van der Waals surface area contributed by atoms with Gasteiger partial charge < -0.3 is 15.8 Å². The van der Waals surface area contributed by atoms with Gasteiger partial charge in [-0.1, -0.05) is 12.1 Å². The molecule has 1 aliphatic heterocycles. The van der Waals surface area contributed by atoms with Gasteiger partial charge in [0.2, 0.25) is 0 Å². The summed E-state index contributed by atoms with van der Waals surface area (Å²) in [4.78, 5) is 0. The monoisotopic (exact) mass is 220 g/mol. The van der Waals surface area contributed by atoms with Gasteiger partial charge in [-0.2, -0.15) is 0 Å². The molecular weight excluding hydrogens is 200 g/mol. The van der Waals surface area contributed by atoms with Gasteiger partial charge in [0.15, 0.2) is 0 Å². The third-order valence-corrected chi connectivity index (χ3v) is 3.29. The van der Waals surface area contributed by atoms with Gasteiger partial charge in [-0.05, 0) is 49.5 Å². The lowest BCUT2D eigenvalue weighted by Crippen LogP contribution is -2.17. The van der Waals surface area contributed by atoms with Crippen molar-refractivity contribution in [2.75, 3.05) is 20.2 Å². The molecule has 1 fully saturated rings. The number of hydrogen-bond acceptors (Lipinski definition) is 3. The molecule has 2 atom stereocenters. The first kappa shape index (κ1) is 11.4. The van der Waals surface area contributed by atoms with Crippen molar-refractivity contribution in [2.45, 2.75) is 18.9 Å². The molecule has 3 heteroatoms. The molecule has 0 spiro atoms. The van der Waals surface area contributed by atoms with E-state index in [9.17, 15) is 0 Å². The Morgan fingerprint density at radius 3 is 2.75 bits per heavy atom. The molecule has 0 radical (unpaired) electrons. The second kappa shape index (κ2) is 5.32. The summed E-state index contributed by atoms with van der Waals surface area (Å²) in [5.41, 5.74) is 7.40. The van der Waals surface area contributed by atoms with Gasteiger partial charge in [-0.3, -0.25) is 0 Å². The summed E-state index contributed by atoms with van der Waals surface area (Å²) in [6.45, 7) is 2.25. The highest BCUT2D eigenvalue weighted by molar-refractivity contribution is 5.28. The minimum Gasteiger partial charge on any atom is -0.497 e. The molecule has 2 unspecified atom stereocenters. The normalized spacial score (nSPS) is 22.0. The summed E-state index contributed by atoms with van der Waals surface area (Å²) in [6, 6.07) is 8.22. The van der Waals surface area contributed by atoms with Gasteiger partial charge in [0.25, 0.3) is 0 Å². The topological polar surface area (TPSA) is 47.3 Å².